The van der Waals surface area contributed by atoms with Crippen molar-refractivity contribution in [3.63, 3.8) is 0 Å². The first-order valence-corrected chi connectivity index (χ1v) is 6.67. The molecule has 0 spiro atoms. The zero-order valence-electron chi connectivity index (χ0n) is 9.78. The van der Waals surface area contributed by atoms with Crippen molar-refractivity contribution < 1.29 is 4.39 Å². The molecule has 0 radical (unpaired) electrons. The zero-order chi connectivity index (χ0) is 13.1. The van der Waals surface area contributed by atoms with E-state index in [9.17, 15) is 4.39 Å². The van der Waals surface area contributed by atoms with Gasteiger partial charge in [-0.25, -0.2) is 9.37 Å². The zero-order valence-corrected chi connectivity index (χ0v) is 11.4. The van der Waals surface area contributed by atoms with Crippen LogP contribution in [-0.4, -0.2) is 4.98 Å². The minimum atomic E-state index is -0.411. The third-order valence-corrected chi connectivity index (χ3v) is 4.06. The molecule has 3 N–H and O–H groups in total. The molecule has 1 aromatic heterocycles. The topological polar surface area (TPSA) is 50.9 Å². The molecule has 0 aliphatic heterocycles. The number of hydrazine groups is 1. The number of nitrogens with zero attached hydrogens (tertiary/aromatic N) is 1. The maximum atomic E-state index is 13.1. The largest absolute Gasteiger partial charge is 0.271 e. The van der Waals surface area contributed by atoms with E-state index in [1.807, 2.05) is 6.92 Å². The van der Waals surface area contributed by atoms with Crippen LogP contribution in [0.5, 0.6) is 0 Å². The number of nitrogens with two attached hydrogens (primary N) is 1. The Kier molecular flexibility index (Phi) is 4.29. The third-order valence-electron chi connectivity index (χ3n) is 2.72. The molecule has 1 aromatic carbocycles. The van der Waals surface area contributed by atoms with Gasteiger partial charge in [0.15, 0.2) is 0 Å². The second-order valence-corrected chi connectivity index (χ2v) is 5.27. The summed E-state index contributed by atoms with van der Waals surface area (Å²) in [5.41, 5.74) is 6.43. The highest BCUT2D eigenvalue weighted by molar-refractivity contribution is 7.09. The van der Waals surface area contributed by atoms with Gasteiger partial charge >= 0.3 is 0 Å². The van der Waals surface area contributed by atoms with Crippen molar-refractivity contribution in [2.45, 2.75) is 19.4 Å². The molecule has 2 rings (SSSR count). The van der Waals surface area contributed by atoms with E-state index in [2.05, 4.69) is 10.4 Å². The van der Waals surface area contributed by atoms with Crippen LogP contribution in [0.15, 0.2) is 23.7 Å². The first-order valence-electron chi connectivity index (χ1n) is 5.42. The van der Waals surface area contributed by atoms with Crippen LogP contribution in [0.25, 0.3) is 0 Å². The second kappa shape index (κ2) is 5.75. The SMILES string of the molecule is Cc1ncsc1C(Cc1ccc(F)c(Cl)c1)NN. The summed E-state index contributed by atoms with van der Waals surface area (Å²) in [6.07, 6.45) is 0.638. The molecule has 6 heteroatoms. The van der Waals surface area contributed by atoms with E-state index in [0.717, 1.165) is 16.1 Å². The van der Waals surface area contributed by atoms with Crippen molar-refractivity contribution in [1.29, 1.82) is 0 Å². The van der Waals surface area contributed by atoms with E-state index in [1.165, 1.54) is 6.07 Å². The van der Waals surface area contributed by atoms with Gasteiger partial charge in [0.25, 0.3) is 0 Å². The van der Waals surface area contributed by atoms with Crippen LogP contribution in [0.1, 0.15) is 22.2 Å². The lowest BCUT2D eigenvalue weighted by Gasteiger charge is -2.15. The molecule has 18 heavy (non-hydrogen) atoms. The number of nitrogens with one attached hydrogen (secondary N) is 1. The molecule has 0 aliphatic rings. The van der Waals surface area contributed by atoms with Gasteiger partial charge < -0.3 is 0 Å². The molecule has 0 saturated heterocycles. The number of halogens is 2. The molecule has 1 atom stereocenters. The molecule has 0 amide bonds. The number of aryl methyl sites for hydroxylation is 1. The monoisotopic (exact) mass is 285 g/mol. The molecule has 0 aliphatic carbocycles. The Morgan fingerprint density at radius 1 is 1.56 bits per heavy atom. The van der Waals surface area contributed by atoms with Gasteiger partial charge in [0.1, 0.15) is 5.82 Å². The van der Waals surface area contributed by atoms with Crippen LogP contribution in [0, 0.1) is 12.7 Å². The van der Waals surface area contributed by atoms with Crippen LogP contribution in [-0.2, 0) is 6.42 Å². The van der Waals surface area contributed by atoms with E-state index in [1.54, 1.807) is 29.0 Å². The van der Waals surface area contributed by atoms with Crippen molar-refractivity contribution in [2.24, 2.45) is 5.84 Å². The standard InChI is InChI=1S/C12H13ClFN3S/c1-7-12(18-6-16-7)11(17-15)5-8-2-3-10(14)9(13)4-8/h2-4,6,11,17H,5,15H2,1H3. The van der Waals surface area contributed by atoms with Crippen molar-refractivity contribution in [2.75, 3.05) is 0 Å². The molecule has 3 nitrogen and oxygen atoms in total. The first kappa shape index (κ1) is 13.4. The predicted octanol–water partition coefficient (Wildman–Crippen LogP) is 2.99. The van der Waals surface area contributed by atoms with Crippen LogP contribution in [0.3, 0.4) is 0 Å². The molecular weight excluding hydrogens is 273 g/mol. The number of rotatable bonds is 4. The lowest BCUT2D eigenvalue weighted by molar-refractivity contribution is 0.556. The van der Waals surface area contributed by atoms with Gasteiger partial charge in [-0.3, -0.25) is 11.3 Å². The van der Waals surface area contributed by atoms with Gasteiger partial charge in [-0.1, -0.05) is 17.7 Å². The van der Waals surface area contributed by atoms with Gasteiger partial charge in [0, 0.05) is 4.88 Å². The summed E-state index contributed by atoms with van der Waals surface area (Å²) in [4.78, 5) is 5.28. The first-order chi connectivity index (χ1) is 8.61. The number of thiazole rings is 1. The highest BCUT2D eigenvalue weighted by Gasteiger charge is 2.15. The molecular formula is C12H13ClFN3S. The molecule has 1 unspecified atom stereocenters. The van der Waals surface area contributed by atoms with E-state index in [0.29, 0.717) is 6.42 Å². The fourth-order valence-electron chi connectivity index (χ4n) is 1.77. The van der Waals surface area contributed by atoms with Crippen LogP contribution >= 0.6 is 22.9 Å². The predicted molar refractivity (Wildman–Crippen MR) is 72.0 cm³/mol. The third kappa shape index (κ3) is 2.87. The Bertz CT molecular complexity index is 544. The van der Waals surface area contributed by atoms with E-state index < -0.39 is 5.82 Å². The summed E-state index contributed by atoms with van der Waals surface area (Å²) in [5.74, 6) is 5.16. The van der Waals surface area contributed by atoms with Crippen molar-refractivity contribution in [3.8, 4) is 0 Å². The highest BCUT2D eigenvalue weighted by atomic mass is 35.5. The number of hydrogen-bond donors (Lipinski definition) is 2. The summed E-state index contributed by atoms with van der Waals surface area (Å²) in [6, 6.07) is 4.66. The fourth-order valence-corrected chi connectivity index (χ4v) is 2.84. The minimum absolute atomic E-state index is 0.0426. The molecule has 1 heterocycles. The van der Waals surface area contributed by atoms with E-state index in [-0.39, 0.29) is 11.1 Å². The fraction of sp³-hybridized carbons (Fsp3) is 0.250. The Hall–Kier alpha value is -1.01. The average molecular weight is 286 g/mol. The van der Waals surface area contributed by atoms with Crippen LogP contribution < -0.4 is 11.3 Å². The smallest absolute Gasteiger partial charge is 0.141 e. The van der Waals surface area contributed by atoms with Gasteiger partial charge in [0.2, 0.25) is 0 Å². The lowest BCUT2D eigenvalue weighted by atomic mass is 10.0. The summed E-state index contributed by atoms with van der Waals surface area (Å²) in [7, 11) is 0. The normalized spacial score (nSPS) is 12.7. The molecule has 0 bridgehead atoms. The van der Waals surface area contributed by atoms with Gasteiger partial charge in [-0.05, 0) is 31.0 Å². The molecule has 96 valence electrons. The van der Waals surface area contributed by atoms with Crippen molar-refractivity contribution in [3.05, 3.63) is 50.7 Å². The Morgan fingerprint density at radius 2 is 2.33 bits per heavy atom. The van der Waals surface area contributed by atoms with Crippen molar-refractivity contribution in [1.82, 2.24) is 10.4 Å². The van der Waals surface area contributed by atoms with Gasteiger partial charge in [-0.2, -0.15) is 0 Å². The van der Waals surface area contributed by atoms with Gasteiger partial charge in [0.05, 0.1) is 22.3 Å². The quantitative estimate of drug-likeness (QED) is 0.671. The number of benzene rings is 1. The summed E-state index contributed by atoms with van der Waals surface area (Å²) in [5, 5.41) is 0.129. The lowest BCUT2D eigenvalue weighted by Crippen LogP contribution is -2.29. The van der Waals surface area contributed by atoms with Crippen LogP contribution in [0.4, 0.5) is 4.39 Å². The Balaban J connectivity index is 2.20. The summed E-state index contributed by atoms with van der Waals surface area (Å²) in [6.45, 7) is 1.94. The van der Waals surface area contributed by atoms with Crippen LogP contribution in [0.2, 0.25) is 5.02 Å². The molecule has 0 fully saturated rings. The Labute approximate surface area is 114 Å². The molecule has 2 aromatic rings. The molecule has 0 saturated carbocycles. The van der Waals surface area contributed by atoms with E-state index in [4.69, 9.17) is 17.4 Å². The summed E-state index contributed by atoms with van der Waals surface area (Å²) >= 11 is 7.31. The average Bonchev–Trinajstić information content (AvgIpc) is 2.77. The second-order valence-electron chi connectivity index (χ2n) is 3.97. The minimum Gasteiger partial charge on any atom is -0.271 e. The highest BCUT2D eigenvalue weighted by Crippen LogP contribution is 2.26. The number of hydrogen-bond acceptors (Lipinski definition) is 4. The maximum Gasteiger partial charge on any atom is 0.141 e. The summed E-state index contributed by atoms with van der Waals surface area (Å²) < 4.78 is 13.1. The number of aromatic nitrogens is 1. The van der Waals surface area contributed by atoms with Gasteiger partial charge in [-0.15, -0.1) is 11.3 Å². The Morgan fingerprint density at radius 3 is 2.89 bits per heavy atom. The maximum absolute atomic E-state index is 13.1. The van der Waals surface area contributed by atoms with E-state index >= 15 is 0 Å². The van der Waals surface area contributed by atoms with Crippen molar-refractivity contribution >= 4 is 22.9 Å².